The van der Waals surface area contributed by atoms with E-state index in [-0.39, 0.29) is 20.9 Å². The minimum Gasteiger partial charge on any atom is -0.404 e. The van der Waals surface area contributed by atoms with E-state index in [1.165, 1.54) is 12.1 Å². The first-order valence-electron chi connectivity index (χ1n) is 9.18. The standard InChI is InChI=1S/C19H16BrF3N4O5S2/c1-11-9-18(25-12(2)24-11)27-33(28,29)15-6-4-14(5-7-15)26-34(30,31)17-8-3-13(20)10-16(17)32-19(21,22)23/h3-10,26H,1-2H3,(H,24,25,27). The highest BCUT2D eigenvalue weighted by molar-refractivity contribution is 9.10. The first-order chi connectivity index (χ1) is 15.6. The molecule has 0 aliphatic rings. The van der Waals surface area contributed by atoms with Crippen molar-refractivity contribution < 1.29 is 34.7 Å². The van der Waals surface area contributed by atoms with Crippen LogP contribution in [0.4, 0.5) is 24.7 Å². The van der Waals surface area contributed by atoms with E-state index < -0.39 is 37.1 Å². The minimum absolute atomic E-state index is 0.0576. The zero-order valence-electron chi connectivity index (χ0n) is 17.4. The number of benzene rings is 2. The van der Waals surface area contributed by atoms with Crippen LogP contribution in [-0.2, 0) is 20.0 Å². The van der Waals surface area contributed by atoms with Crippen molar-refractivity contribution >= 4 is 47.5 Å². The van der Waals surface area contributed by atoms with Crippen LogP contribution in [0.3, 0.4) is 0 Å². The predicted molar refractivity (Wildman–Crippen MR) is 120 cm³/mol. The normalized spacial score (nSPS) is 12.3. The largest absolute Gasteiger partial charge is 0.573 e. The summed E-state index contributed by atoms with van der Waals surface area (Å²) in [6.07, 6.45) is -5.12. The van der Waals surface area contributed by atoms with Crippen LogP contribution in [0.25, 0.3) is 0 Å². The Balaban J connectivity index is 1.84. The number of anilines is 2. The Morgan fingerprint density at radius 3 is 2.12 bits per heavy atom. The van der Waals surface area contributed by atoms with E-state index in [9.17, 15) is 30.0 Å². The molecule has 0 aliphatic carbocycles. The SMILES string of the molecule is Cc1cc(NS(=O)(=O)c2ccc(NS(=O)(=O)c3ccc(Br)cc3OC(F)(F)F)cc2)nc(C)n1. The van der Waals surface area contributed by atoms with E-state index in [0.717, 1.165) is 36.4 Å². The monoisotopic (exact) mass is 580 g/mol. The number of alkyl halides is 3. The topological polar surface area (TPSA) is 127 Å². The van der Waals surface area contributed by atoms with Crippen molar-refractivity contribution in [2.45, 2.75) is 30.0 Å². The lowest BCUT2D eigenvalue weighted by molar-refractivity contribution is -0.275. The number of hydrogen-bond acceptors (Lipinski definition) is 7. The van der Waals surface area contributed by atoms with E-state index in [0.29, 0.717) is 11.5 Å². The van der Waals surface area contributed by atoms with Crippen molar-refractivity contribution in [3.05, 3.63) is 64.5 Å². The molecule has 2 aromatic carbocycles. The smallest absolute Gasteiger partial charge is 0.404 e. The van der Waals surface area contributed by atoms with E-state index in [1.54, 1.807) is 13.8 Å². The van der Waals surface area contributed by atoms with Gasteiger partial charge in [0, 0.05) is 21.9 Å². The summed E-state index contributed by atoms with van der Waals surface area (Å²) in [7, 11) is -8.58. The molecule has 0 atom stereocenters. The number of ether oxygens (including phenoxy) is 1. The van der Waals surface area contributed by atoms with Gasteiger partial charge in [-0.2, -0.15) is 0 Å². The summed E-state index contributed by atoms with van der Waals surface area (Å²) in [6, 6.07) is 8.99. The van der Waals surface area contributed by atoms with Gasteiger partial charge < -0.3 is 4.74 Å². The molecule has 0 radical (unpaired) electrons. The summed E-state index contributed by atoms with van der Waals surface area (Å²) >= 11 is 2.96. The summed E-state index contributed by atoms with van der Waals surface area (Å²) in [6.45, 7) is 3.27. The number of hydrogen-bond donors (Lipinski definition) is 2. The molecule has 34 heavy (non-hydrogen) atoms. The molecule has 3 aromatic rings. The number of aryl methyl sites for hydroxylation is 2. The molecule has 0 aliphatic heterocycles. The van der Waals surface area contributed by atoms with Gasteiger partial charge in [0.05, 0.1) is 4.90 Å². The highest BCUT2D eigenvalue weighted by Gasteiger charge is 2.34. The fourth-order valence-electron chi connectivity index (χ4n) is 2.79. The molecule has 3 rings (SSSR count). The molecule has 0 amide bonds. The number of nitrogens with one attached hydrogen (secondary N) is 2. The number of nitrogens with zero attached hydrogens (tertiary/aromatic N) is 2. The maximum atomic E-state index is 12.7. The maximum Gasteiger partial charge on any atom is 0.573 e. The van der Waals surface area contributed by atoms with E-state index in [2.05, 4.69) is 40.1 Å². The van der Waals surface area contributed by atoms with Gasteiger partial charge in [-0.25, -0.2) is 26.8 Å². The van der Waals surface area contributed by atoms with Crippen LogP contribution < -0.4 is 14.2 Å². The third-order valence-electron chi connectivity index (χ3n) is 4.04. The number of rotatable bonds is 7. The lowest BCUT2D eigenvalue weighted by Crippen LogP contribution is -2.21. The summed E-state index contributed by atoms with van der Waals surface area (Å²) in [4.78, 5) is 7.09. The Hall–Kier alpha value is -2.91. The molecule has 1 heterocycles. The average Bonchev–Trinajstić information content (AvgIpc) is 2.65. The van der Waals surface area contributed by atoms with Gasteiger partial charge in [0.25, 0.3) is 20.0 Å². The highest BCUT2D eigenvalue weighted by Crippen LogP contribution is 2.33. The summed E-state index contributed by atoms with van der Waals surface area (Å²) in [5, 5.41) is 0. The molecule has 0 fully saturated rings. The Morgan fingerprint density at radius 1 is 0.882 bits per heavy atom. The van der Waals surface area contributed by atoms with Crippen molar-refractivity contribution in [1.82, 2.24) is 9.97 Å². The van der Waals surface area contributed by atoms with Gasteiger partial charge in [0.15, 0.2) is 5.75 Å². The molecule has 0 spiro atoms. The average molecular weight is 581 g/mol. The van der Waals surface area contributed by atoms with E-state index in [4.69, 9.17) is 0 Å². The van der Waals surface area contributed by atoms with Gasteiger partial charge in [-0.1, -0.05) is 15.9 Å². The second-order valence-corrected chi connectivity index (χ2v) is 11.1. The van der Waals surface area contributed by atoms with Crippen molar-refractivity contribution in [2.24, 2.45) is 0 Å². The molecular formula is C19H16BrF3N4O5S2. The van der Waals surface area contributed by atoms with Crippen molar-refractivity contribution in [2.75, 3.05) is 9.44 Å². The van der Waals surface area contributed by atoms with Crippen LogP contribution in [0.1, 0.15) is 11.5 Å². The highest BCUT2D eigenvalue weighted by atomic mass is 79.9. The number of sulfonamides is 2. The molecule has 15 heteroatoms. The molecule has 2 N–H and O–H groups in total. The quantitative estimate of drug-likeness (QED) is 0.425. The van der Waals surface area contributed by atoms with Crippen LogP contribution in [0.5, 0.6) is 5.75 Å². The Morgan fingerprint density at radius 2 is 1.53 bits per heavy atom. The van der Waals surface area contributed by atoms with Crippen LogP contribution in [0.2, 0.25) is 0 Å². The summed E-state index contributed by atoms with van der Waals surface area (Å²) in [5.74, 6) is -0.514. The Bertz CT molecular complexity index is 1410. The summed E-state index contributed by atoms with van der Waals surface area (Å²) < 4.78 is 97.1. The molecule has 182 valence electrons. The molecule has 9 nitrogen and oxygen atoms in total. The Kier molecular flexibility index (Phi) is 7.10. The van der Waals surface area contributed by atoms with Crippen molar-refractivity contribution in [3.8, 4) is 5.75 Å². The summed E-state index contributed by atoms with van der Waals surface area (Å²) in [5.41, 5.74) is 0.463. The third kappa shape index (κ3) is 6.57. The van der Waals surface area contributed by atoms with Crippen LogP contribution in [0, 0.1) is 13.8 Å². The molecule has 0 bridgehead atoms. The second-order valence-electron chi connectivity index (χ2n) is 6.82. The molecular weight excluding hydrogens is 565 g/mol. The minimum atomic E-state index is -5.12. The van der Waals surface area contributed by atoms with Gasteiger partial charge in [0.1, 0.15) is 16.5 Å². The first kappa shape index (κ1) is 25.7. The first-order valence-corrected chi connectivity index (χ1v) is 12.9. The van der Waals surface area contributed by atoms with Gasteiger partial charge in [-0.15, -0.1) is 13.2 Å². The molecule has 0 saturated carbocycles. The fourth-order valence-corrected chi connectivity index (χ4v) is 5.29. The Labute approximate surface area is 201 Å². The number of aromatic nitrogens is 2. The predicted octanol–water partition coefficient (Wildman–Crippen LogP) is 4.36. The van der Waals surface area contributed by atoms with Gasteiger partial charge in [0.2, 0.25) is 0 Å². The zero-order valence-corrected chi connectivity index (χ0v) is 20.6. The second kappa shape index (κ2) is 9.38. The van der Waals surface area contributed by atoms with Crippen LogP contribution in [0.15, 0.2) is 62.8 Å². The van der Waals surface area contributed by atoms with E-state index in [1.807, 2.05) is 0 Å². The van der Waals surface area contributed by atoms with Gasteiger partial charge in [-0.3, -0.25) is 9.44 Å². The zero-order chi connectivity index (χ0) is 25.3. The number of halogens is 4. The van der Waals surface area contributed by atoms with Crippen LogP contribution in [-0.4, -0.2) is 33.2 Å². The van der Waals surface area contributed by atoms with E-state index >= 15 is 0 Å². The van der Waals surface area contributed by atoms with Crippen molar-refractivity contribution in [3.63, 3.8) is 0 Å². The van der Waals surface area contributed by atoms with Gasteiger partial charge in [-0.05, 0) is 56.3 Å². The van der Waals surface area contributed by atoms with Crippen LogP contribution >= 0.6 is 15.9 Å². The third-order valence-corrected chi connectivity index (χ3v) is 7.33. The van der Waals surface area contributed by atoms with Gasteiger partial charge >= 0.3 is 6.36 Å². The molecule has 0 saturated heterocycles. The maximum absolute atomic E-state index is 12.7. The molecule has 0 unspecified atom stereocenters. The fraction of sp³-hybridized carbons (Fsp3) is 0.158. The molecule has 1 aromatic heterocycles. The van der Waals surface area contributed by atoms with Crippen molar-refractivity contribution in [1.29, 1.82) is 0 Å². The lowest BCUT2D eigenvalue weighted by atomic mass is 10.3. The lowest BCUT2D eigenvalue weighted by Gasteiger charge is -2.15.